The summed E-state index contributed by atoms with van der Waals surface area (Å²) < 4.78 is 0. The summed E-state index contributed by atoms with van der Waals surface area (Å²) in [5.74, 6) is -1.15. The number of nitrogens with one attached hydrogen (secondary N) is 1. The molecule has 1 aliphatic heterocycles. The average Bonchev–Trinajstić information content (AvgIpc) is 2.65. The van der Waals surface area contributed by atoms with E-state index in [0.29, 0.717) is 31.6 Å². The van der Waals surface area contributed by atoms with Crippen molar-refractivity contribution in [1.29, 1.82) is 0 Å². The van der Waals surface area contributed by atoms with Crippen LogP contribution >= 0.6 is 0 Å². The molecule has 0 radical (unpaired) electrons. The van der Waals surface area contributed by atoms with Crippen LogP contribution in [-0.2, 0) is 24.3 Å². The summed E-state index contributed by atoms with van der Waals surface area (Å²) >= 11 is 0. The SMILES string of the molecule is CC(=O)NCc1ccc(C(=O)N2CCc3ccc(C(=O)O)cc3C2)cc1. The Bertz CT molecular complexity index is 859. The Morgan fingerprint density at radius 1 is 1.04 bits per heavy atom. The van der Waals surface area contributed by atoms with E-state index in [1.165, 1.54) is 6.92 Å². The van der Waals surface area contributed by atoms with Crippen LogP contribution in [0.3, 0.4) is 0 Å². The van der Waals surface area contributed by atoms with E-state index in [1.54, 1.807) is 29.2 Å². The molecule has 2 aromatic carbocycles. The summed E-state index contributed by atoms with van der Waals surface area (Å²) in [5, 5.41) is 11.9. The Hall–Kier alpha value is -3.15. The molecule has 0 fully saturated rings. The van der Waals surface area contributed by atoms with Crippen LogP contribution in [0.4, 0.5) is 0 Å². The van der Waals surface area contributed by atoms with E-state index in [4.69, 9.17) is 5.11 Å². The minimum atomic E-state index is -0.967. The van der Waals surface area contributed by atoms with Gasteiger partial charge in [0.2, 0.25) is 5.91 Å². The maximum Gasteiger partial charge on any atom is 0.335 e. The first-order chi connectivity index (χ1) is 12.4. The quantitative estimate of drug-likeness (QED) is 0.883. The fraction of sp³-hybridized carbons (Fsp3) is 0.250. The van der Waals surface area contributed by atoms with Crippen LogP contribution < -0.4 is 5.32 Å². The maximum absolute atomic E-state index is 12.7. The molecule has 2 amide bonds. The fourth-order valence-corrected chi connectivity index (χ4v) is 3.04. The van der Waals surface area contributed by atoms with Gasteiger partial charge in [0, 0.05) is 32.1 Å². The lowest BCUT2D eigenvalue weighted by Crippen LogP contribution is -2.36. The molecule has 0 saturated carbocycles. The van der Waals surface area contributed by atoms with Crippen molar-refractivity contribution in [2.75, 3.05) is 6.54 Å². The van der Waals surface area contributed by atoms with Gasteiger partial charge in [0.1, 0.15) is 0 Å². The van der Waals surface area contributed by atoms with Crippen molar-refractivity contribution in [3.8, 4) is 0 Å². The normalized spacial score (nSPS) is 13.0. The van der Waals surface area contributed by atoms with E-state index in [9.17, 15) is 14.4 Å². The third kappa shape index (κ3) is 3.91. The average molecular weight is 352 g/mol. The molecule has 0 aliphatic carbocycles. The molecule has 1 aliphatic rings. The van der Waals surface area contributed by atoms with Gasteiger partial charge in [-0.05, 0) is 47.4 Å². The zero-order valence-electron chi connectivity index (χ0n) is 14.5. The number of carbonyl (C=O) groups excluding carboxylic acids is 2. The molecule has 0 bridgehead atoms. The molecule has 26 heavy (non-hydrogen) atoms. The number of carboxylic acid groups (broad SMARTS) is 1. The van der Waals surface area contributed by atoms with Crippen molar-refractivity contribution in [3.63, 3.8) is 0 Å². The van der Waals surface area contributed by atoms with Gasteiger partial charge in [-0.3, -0.25) is 9.59 Å². The topological polar surface area (TPSA) is 86.7 Å². The molecule has 0 spiro atoms. The second-order valence-corrected chi connectivity index (χ2v) is 6.37. The smallest absolute Gasteiger partial charge is 0.335 e. The summed E-state index contributed by atoms with van der Waals surface area (Å²) in [6.07, 6.45) is 0.710. The van der Waals surface area contributed by atoms with Gasteiger partial charge < -0.3 is 15.3 Å². The second kappa shape index (κ2) is 7.39. The highest BCUT2D eigenvalue weighted by Crippen LogP contribution is 2.22. The predicted molar refractivity (Wildman–Crippen MR) is 95.8 cm³/mol. The summed E-state index contributed by atoms with van der Waals surface area (Å²) in [6.45, 7) is 2.90. The molecule has 6 nitrogen and oxygen atoms in total. The highest BCUT2D eigenvalue weighted by atomic mass is 16.4. The minimum absolute atomic E-state index is 0.0811. The Kier molecular flexibility index (Phi) is 5.02. The van der Waals surface area contributed by atoms with Gasteiger partial charge in [-0.15, -0.1) is 0 Å². The van der Waals surface area contributed by atoms with Crippen LogP contribution in [0, 0.1) is 0 Å². The Balaban J connectivity index is 1.71. The third-order valence-corrected chi connectivity index (χ3v) is 4.50. The van der Waals surface area contributed by atoms with Crippen molar-refractivity contribution < 1.29 is 19.5 Å². The molecular formula is C20H20N2O4. The van der Waals surface area contributed by atoms with Crippen LogP contribution in [0.5, 0.6) is 0 Å². The van der Waals surface area contributed by atoms with E-state index in [1.807, 2.05) is 18.2 Å². The van der Waals surface area contributed by atoms with Gasteiger partial charge in [0.05, 0.1) is 5.56 Å². The van der Waals surface area contributed by atoms with Crippen LogP contribution in [0.2, 0.25) is 0 Å². The molecule has 6 heteroatoms. The lowest BCUT2D eigenvalue weighted by Gasteiger charge is -2.29. The van der Waals surface area contributed by atoms with Gasteiger partial charge in [0.15, 0.2) is 0 Å². The number of benzene rings is 2. The zero-order valence-corrected chi connectivity index (χ0v) is 14.5. The zero-order chi connectivity index (χ0) is 18.7. The molecule has 134 valence electrons. The first-order valence-electron chi connectivity index (χ1n) is 8.42. The number of amides is 2. The van der Waals surface area contributed by atoms with Crippen molar-refractivity contribution in [2.45, 2.75) is 26.4 Å². The number of aromatic carboxylic acids is 1. The van der Waals surface area contributed by atoms with Crippen molar-refractivity contribution in [1.82, 2.24) is 10.2 Å². The van der Waals surface area contributed by atoms with Crippen LogP contribution in [0.15, 0.2) is 42.5 Å². The molecule has 3 rings (SSSR count). The lowest BCUT2D eigenvalue weighted by atomic mass is 9.97. The van der Waals surface area contributed by atoms with Crippen LogP contribution in [0.1, 0.15) is 44.3 Å². The maximum atomic E-state index is 12.7. The largest absolute Gasteiger partial charge is 0.478 e. The Labute approximate surface area is 151 Å². The molecule has 2 N–H and O–H groups in total. The standard InChI is InChI=1S/C20H20N2O4/c1-13(23)21-11-14-2-4-16(5-3-14)19(24)22-9-8-15-6-7-17(20(25)26)10-18(15)12-22/h2-7,10H,8-9,11-12H2,1H3,(H,21,23)(H,25,26). The van der Waals surface area contributed by atoms with E-state index in [2.05, 4.69) is 5.32 Å². The number of hydrogen-bond donors (Lipinski definition) is 2. The van der Waals surface area contributed by atoms with Crippen molar-refractivity contribution >= 4 is 17.8 Å². The number of nitrogens with zero attached hydrogens (tertiary/aromatic N) is 1. The minimum Gasteiger partial charge on any atom is -0.478 e. The van der Waals surface area contributed by atoms with E-state index < -0.39 is 5.97 Å². The monoisotopic (exact) mass is 352 g/mol. The molecule has 0 saturated heterocycles. The predicted octanol–water partition coefficient (Wildman–Crippen LogP) is 2.22. The van der Waals surface area contributed by atoms with E-state index in [0.717, 1.165) is 16.7 Å². The van der Waals surface area contributed by atoms with E-state index in [-0.39, 0.29) is 17.4 Å². The number of carboxylic acids is 1. The van der Waals surface area contributed by atoms with Gasteiger partial charge in [-0.2, -0.15) is 0 Å². The molecule has 0 atom stereocenters. The van der Waals surface area contributed by atoms with Gasteiger partial charge in [-0.1, -0.05) is 18.2 Å². The second-order valence-electron chi connectivity index (χ2n) is 6.37. The van der Waals surface area contributed by atoms with E-state index >= 15 is 0 Å². The fourth-order valence-electron chi connectivity index (χ4n) is 3.04. The number of carbonyl (C=O) groups is 3. The van der Waals surface area contributed by atoms with Crippen LogP contribution in [-0.4, -0.2) is 34.3 Å². The van der Waals surface area contributed by atoms with Crippen molar-refractivity contribution in [3.05, 3.63) is 70.3 Å². The van der Waals surface area contributed by atoms with Gasteiger partial charge in [0.25, 0.3) is 5.91 Å². The number of fused-ring (bicyclic) bond motifs is 1. The summed E-state index contributed by atoms with van der Waals surface area (Å²) in [5.41, 5.74) is 3.71. The molecule has 0 unspecified atom stereocenters. The van der Waals surface area contributed by atoms with Gasteiger partial charge in [-0.25, -0.2) is 4.79 Å². The first-order valence-corrected chi connectivity index (χ1v) is 8.42. The highest BCUT2D eigenvalue weighted by Gasteiger charge is 2.22. The Morgan fingerprint density at radius 3 is 2.38 bits per heavy atom. The first kappa shape index (κ1) is 17.7. The van der Waals surface area contributed by atoms with Crippen LogP contribution in [0.25, 0.3) is 0 Å². The highest BCUT2D eigenvalue weighted by molar-refractivity contribution is 5.94. The molecule has 2 aromatic rings. The van der Waals surface area contributed by atoms with Gasteiger partial charge >= 0.3 is 5.97 Å². The van der Waals surface area contributed by atoms with Crippen molar-refractivity contribution in [2.24, 2.45) is 0 Å². The Morgan fingerprint density at radius 2 is 1.73 bits per heavy atom. The number of hydrogen-bond acceptors (Lipinski definition) is 3. The third-order valence-electron chi connectivity index (χ3n) is 4.50. The molecule has 0 aromatic heterocycles. The lowest BCUT2D eigenvalue weighted by molar-refractivity contribution is -0.119. The number of rotatable bonds is 4. The summed E-state index contributed by atoms with van der Waals surface area (Å²) in [7, 11) is 0. The summed E-state index contributed by atoms with van der Waals surface area (Å²) in [4.78, 5) is 36.6. The molecule has 1 heterocycles. The summed E-state index contributed by atoms with van der Waals surface area (Å²) in [6, 6.07) is 12.2. The molecular weight excluding hydrogens is 332 g/mol.